The summed E-state index contributed by atoms with van der Waals surface area (Å²) in [6.07, 6.45) is -3.11. The molecule has 0 spiro atoms. The topological polar surface area (TPSA) is 97.0 Å². The number of guanidine groups is 1. The highest BCUT2D eigenvalue weighted by molar-refractivity contribution is 14.0. The third kappa shape index (κ3) is 10.0. The highest BCUT2D eigenvalue weighted by Crippen LogP contribution is 2.23. The lowest BCUT2D eigenvalue weighted by Crippen LogP contribution is -2.31. The quantitative estimate of drug-likeness (QED) is 0.243. The molecule has 0 fully saturated rings. The van der Waals surface area contributed by atoms with Gasteiger partial charge in [0.25, 0.3) is 0 Å². The zero-order valence-corrected chi connectivity index (χ0v) is 17.4. The fourth-order valence-corrected chi connectivity index (χ4v) is 2.86. The van der Waals surface area contributed by atoms with Crippen LogP contribution in [-0.4, -0.2) is 50.9 Å². The molecule has 12 heteroatoms. The second-order valence-electron chi connectivity index (χ2n) is 5.07. The van der Waals surface area contributed by atoms with E-state index in [0.29, 0.717) is 31.7 Å². The summed E-state index contributed by atoms with van der Waals surface area (Å²) in [6, 6.07) is 5.03. The van der Waals surface area contributed by atoms with Crippen molar-refractivity contribution in [3.63, 3.8) is 0 Å². The maximum Gasteiger partial charge on any atom is 0.573 e. The summed E-state index contributed by atoms with van der Waals surface area (Å²) < 4.78 is 64.1. The molecule has 0 bridgehead atoms. The van der Waals surface area contributed by atoms with Gasteiger partial charge in [-0.05, 0) is 30.7 Å². The fraction of sp³-hybridized carbons (Fsp3) is 0.500. The van der Waals surface area contributed by atoms with Gasteiger partial charge in [0.15, 0.2) is 5.96 Å². The summed E-state index contributed by atoms with van der Waals surface area (Å²) >= 11 is 0. The van der Waals surface area contributed by atoms with Crippen LogP contribution in [0.3, 0.4) is 0 Å². The van der Waals surface area contributed by atoms with E-state index in [9.17, 15) is 21.6 Å². The van der Waals surface area contributed by atoms with E-state index < -0.39 is 16.4 Å². The van der Waals surface area contributed by atoms with E-state index >= 15 is 0 Å². The van der Waals surface area contributed by atoms with Crippen LogP contribution in [-0.2, 0) is 10.0 Å². The predicted octanol–water partition coefficient (Wildman–Crippen LogP) is 2.60. The Bertz CT molecular complexity index is 682. The van der Waals surface area contributed by atoms with Crippen molar-refractivity contribution in [1.29, 1.82) is 0 Å². The number of nitrogens with two attached hydrogens (primary N) is 1. The Morgan fingerprint density at radius 2 is 1.88 bits per heavy atom. The third-order valence-corrected chi connectivity index (χ3v) is 4.41. The second kappa shape index (κ2) is 10.8. The molecule has 7 nitrogen and oxygen atoms in total. The molecule has 0 radical (unpaired) electrons. The van der Waals surface area contributed by atoms with Crippen LogP contribution in [0.25, 0.3) is 0 Å². The number of sulfonamides is 1. The zero-order chi connectivity index (χ0) is 19.1. The molecule has 0 saturated heterocycles. The van der Waals surface area contributed by atoms with Gasteiger partial charge in [-0.25, -0.2) is 12.7 Å². The number of hydrogen-bond donors (Lipinski definition) is 2. The SMILES string of the molecule is CCN(CCCN=C(N)Nc1ccc(OC(F)(F)F)cc1)S(C)(=O)=O.I. The number of benzene rings is 1. The monoisotopic (exact) mass is 510 g/mol. The van der Waals surface area contributed by atoms with Gasteiger partial charge in [0, 0.05) is 25.3 Å². The standard InChI is InChI=1S/C14H21F3N4O3S.HI/c1-3-21(25(2,22)23)10-4-9-19-13(18)20-11-5-7-12(8-6-11)24-14(15,16)17;/h5-8H,3-4,9-10H2,1-2H3,(H3,18,19,20);1H. The molecule has 0 saturated carbocycles. The summed E-state index contributed by atoms with van der Waals surface area (Å²) in [5.74, 6) is -0.263. The molecule has 0 aliphatic carbocycles. The number of rotatable bonds is 8. The highest BCUT2D eigenvalue weighted by Gasteiger charge is 2.30. The van der Waals surface area contributed by atoms with Crippen LogP contribution in [0.4, 0.5) is 18.9 Å². The van der Waals surface area contributed by atoms with Gasteiger partial charge in [0.2, 0.25) is 10.0 Å². The van der Waals surface area contributed by atoms with Crippen molar-refractivity contribution in [3.8, 4) is 5.75 Å². The molecule has 0 atom stereocenters. The van der Waals surface area contributed by atoms with Gasteiger partial charge in [-0.2, -0.15) is 0 Å². The first-order valence-electron chi connectivity index (χ1n) is 7.39. The van der Waals surface area contributed by atoms with Gasteiger partial charge in [-0.3, -0.25) is 4.99 Å². The second-order valence-corrected chi connectivity index (χ2v) is 7.05. The average molecular weight is 510 g/mol. The number of alkyl halides is 3. The van der Waals surface area contributed by atoms with Crippen molar-refractivity contribution in [3.05, 3.63) is 24.3 Å². The zero-order valence-electron chi connectivity index (χ0n) is 14.3. The van der Waals surface area contributed by atoms with Crippen molar-refractivity contribution in [2.45, 2.75) is 19.7 Å². The van der Waals surface area contributed by atoms with Crippen molar-refractivity contribution in [2.75, 3.05) is 31.2 Å². The summed E-state index contributed by atoms with van der Waals surface area (Å²) in [5, 5.41) is 2.72. The maximum atomic E-state index is 12.1. The molecule has 0 unspecified atom stereocenters. The van der Waals surface area contributed by atoms with Crippen LogP contribution in [0, 0.1) is 0 Å². The third-order valence-electron chi connectivity index (χ3n) is 3.03. The van der Waals surface area contributed by atoms with E-state index in [-0.39, 0.29) is 35.7 Å². The lowest BCUT2D eigenvalue weighted by Gasteiger charge is -2.16. The number of nitrogens with one attached hydrogen (secondary N) is 1. The summed E-state index contributed by atoms with van der Waals surface area (Å²) in [5.41, 5.74) is 6.12. The first-order valence-corrected chi connectivity index (χ1v) is 9.24. The van der Waals surface area contributed by atoms with E-state index in [2.05, 4.69) is 15.0 Å². The molecule has 0 amide bonds. The Hall–Kier alpha value is -1.28. The Balaban J connectivity index is 0.00000625. The Labute approximate surface area is 167 Å². The molecule has 1 aromatic carbocycles. The van der Waals surface area contributed by atoms with Gasteiger partial charge < -0.3 is 15.8 Å². The molecule has 1 rings (SSSR count). The summed E-state index contributed by atoms with van der Waals surface area (Å²) in [4.78, 5) is 4.04. The molecule has 0 aliphatic rings. The van der Waals surface area contributed by atoms with Crippen LogP contribution < -0.4 is 15.8 Å². The number of anilines is 1. The van der Waals surface area contributed by atoms with Crippen molar-refractivity contribution < 1.29 is 26.3 Å². The Kier molecular flexibility index (Phi) is 10.2. The lowest BCUT2D eigenvalue weighted by molar-refractivity contribution is -0.274. The molecule has 3 N–H and O–H groups in total. The van der Waals surface area contributed by atoms with Gasteiger partial charge >= 0.3 is 6.36 Å². The minimum Gasteiger partial charge on any atom is -0.406 e. The largest absolute Gasteiger partial charge is 0.573 e. The maximum absolute atomic E-state index is 12.1. The molecule has 0 heterocycles. The minimum absolute atomic E-state index is 0. The van der Waals surface area contributed by atoms with Gasteiger partial charge in [-0.1, -0.05) is 6.92 Å². The molecule has 1 aromatic rings. The van der Waals surface area contributed by atoms with Crippen LogP contribution in [0.1, 0.15) is 13.3 Å². The Morgan fingerprint density at radius 1 is 1.31 bits per heavy atom. The molecule has 0 aromatic heterocycles. The average Bonchev–Trinajstić information content (AvgIpc) is 2.46. The molecular formula is C14H22F3IN4O3S. The van der Waals surface area contributed by atoms with Gasteiger partial charge in [-0.15, -0.1) is 37.1 Å². The van der Waals surface area contributed by atoms with Crippen molar-refractivity contribution in [1.82, 2.24) is 4.31 Å². The van der Waals surface area contributed by atoms with Crippen molar-refractivity contribution in [2.24, 2.45) is 10.7 Å². The molecule has 0 aliphatic heterocycles. The van der Waals surface area contributed by atoms with E-state index in [1.54, 1.807) is 6.92 Å². The number of halogens is 4. The van der Waals surface area contributed by atoms with Crippen LogP contribution >= 0.6 is 24.0 Å². The van der Waals surface area contributed by atoms with Gasteiger partial charge in [0.05, 0.1) is 6.26 Å². The minimum atomic E-state index is -4.74. The molecule has 26 heavy (non-hydrogen) atoms. The number of nitrogens with zero attached hydrogens (tertiary/aromatic N) is 2. The predicted molar refractivity (Wildman–Crippen MR) is 105 cm³/mol. The first-order chi connectivity index (χ1) is 11.5. The molecular weight excluding hydrogens is 488 g/mol. The van der Waals surface area contributed by atoms with Crippen LogP contribution in [0.15, 0.2) is 29.3 Å². The van der Waals surface area contributed by atoms with Gasteiger partial charge in [0.1, 0.15) is 5.75 Å². The fourth-order valence-electron chi connectivity index (χ4n) is 1.93. The first kappa shape index (κ1) is 24.7. The highest BCUT2D eigenvalue weighted by atomic mass is 127. The van der Waals surface area contributed by atoms with Crippen molar-refractivity contribution >= 4 is 45.6 Å². The van der Waals surface area contributed by atoms with E-state index in [0.717, 1.165) is 18.4 Å². The molecule has 150 valence electrons. The number of hydrogen-bond acceptors (Lipinski definition) is 4. The lowest BCUT2D eigenvalue weighted by atomic mass is 10.3. The Morgan fingerprint density at radius 3 is 2.35 bits per heavy atom. The summed E-state index contributed by atoms with van der Waals surface area (Å²) in [7, 11) is -3.24. The summed E-state index contributed by atoms with van der Waals surface area (Å²) in [6.45, 7) is 2.75. The smallest absolute Gasteiger partial charge is 0.406 e. The van der Waals surface area contributed by atoms with E-state index in [1.165, 1.54) is 16.4 Å². The van der Waals surface area contributed by atoms with E-state index in [1.807, 2.05) is 0 Å². The van der Waals surface area contributed by atoms with Crippen LogP contribution in [0.2, 0.25) is 0 Å². The normalized spacial score (nSPS) is 12.6. The number of aliphatic imine (C=N–C) groups is 1. The van der Waals surface area contributed by atoms with E-state index in [4.69, 9.17) is 5.73 Å². The number of ether oxygens (including phenoxy) is 1. The van der Waals surface area contributed by atoms with Crippen LogP contribution in [0.5, 0.6) is 5.75 Å².